The third kappa shape index (κ3) is 4.74. The number of anilines is 1. The number of amides is 1. The molecule has 0 spiro atoms. The maximum absolute atomic E-state index is 13.0. The molecule has 4 nitrogen and oxygen atoms in total. The largest absolute Gasteiger partial charge is 0.507 e. The molecule has 0 bridgehead atoms. The van der Waals surface area contributed by atoms with Crippen molar-refractivity contribution in [3.05, 3.63) is 57.6 Å². The molecular formula is C23H28ClNO3. The van der Waals surface area contributed by atoms with Gasteiger partial charge in [0.1, 0.15) is 5.75 Å². The zero-order valence-corrected chi connectivity index (χ0v) is 18.3. The second-order valence-electron chi connectivity index (χ2n) is 9.12. The minimum Gasteiger partial charge on any atom is -0.507 e. The zero-order valence-electron chi connectivity index (χ0n) is 17.5. The molecule has 5 heteroatoms. The Hall–Kier alpha value is -2.33. The zero-order chi connectivity index (χ0) is 21.4. The maximum Gasteiger partial charge on any atom is 0.259 e. The second kappa shape index (κ2) is 7.59. The Morgan fingerprint density at radius 1 is 0.964 bits per heavy atom. The summed E-state index contributed by atoms with van der Waals surface area (Å²) in [7, 11) is 0. The second-order valence-corrected chi connectivity index (χ2v) is 9.53. The van der Waals surface area contributed by atoms with Crippen LogP contribution in [-0.4, -0.2) is 16.8 Å². The van der Waals surface area contributed by atoms with Crippen LogP contribution < -0.4 is 5.32 Å². The Labute approximate surface area is 171 Å². The van der Waals surface area contributed by atoms with Gasteiger partial charge in [0.05, 0.1) is 16.3 Å². The first-order valence-electron chi connectivity index (χ1n) is 9.21. The number of phenols is 1. The van der Waals surface area contributed by atoms with Crippen LogP contribution in [0.4, 0.5) is 5.69 Å². The average molecular weight is 402 g/mol. The highest BCUT2D eigenvalue weighted by Gasteiger charge is 2.27. The van der Waals surface area contributed by atoms with Crippen LogP contribution in [0.25, 0.3) is 0 Å². The topological polar surface area (TPSA) is 66.4 Å². The van der Waals surface area contributed by atoms with Crippen LogP contribution in [0.3, 0.4) is 0 Å². The van der Waals surface area contributed by atoms with E-state index in [1.165, 1.54) is 13.0 Å². The first-order chi connectivity index (χ1) is 12.7. The lowest BCUT2D eigenvalue weighted by atomic mass is 9.79. The normalized spacial score (nSPS) is 12.0. The fourth-order valence-electron chi connectivity index (χ4n) is 2.84. The van der Waals surface area contributed by atoms with Crippen LogP contribution in [0.2, 0.25) is 5.02 Å². The highest BCUT2D eigenvalue weighted by atomic mass is 35.5. The van der Waals surface area contributed by atoms with E-state index in [-0.39, 0.29) is 32.9 Å². The molecule has 0 saturated heterocycles. The van der Waals surface area contributed by atoms with Crippen molar-refractivity contribution in [2.24, 2.45) is 0 Å². The average Bonchev–Trinajstić information content (AvgIpc) is 2.54. The lowest BCUT2D eigenvalue weighted by molar-refractivity contribution is 0.101. The van der Waals surface area contributed by atoms with E-state index in [4.69, 9.17) is 11.6 Å². The van der Waals surface area contributed by atoms with Gasteiger partial charge in [-0.05, 0) is 47.6 Å². The molecule has 0 radical (unpaired) electrons. The summed E-state index contributed by atoms with van der Waals surface area (Å²) in [5, 5.41) is 13.8. The van der Waals surface area contributed by atoms with Crippen molar-refractivity contribution in [1.82, 2.24) is 0 Å². The first kappa shape index (κ1) is 22.0. The monoisotopic (exact) mass is 401 g/mol. The van der Waals surface area contributed by atoms with Crippen LogP contribution in [0.15, 0.2) is 30.3 Å². The van der Waals surface area contributed by atoms with E-state index in [0.717, 1.165) is 5.56 Å². The summed E-state index contributed by atoms with van der Waals surface area (Å²) in [6.45, 7) is 13.6. The van der Waals surface area contributed by atoms with E-state index in [1.54, 1.807) is 18.2 Å². The molecule has 0 unspecified atom stereocenters. The summed E-state index contributed by atoms with van der Waals surface area (Å²) in [5.74, 6) is -0.592. The molecule has 2 rings (SSSR count). The van der Waals surface area contributed by atoms with E-state index in [0.29, 0.717) is 16.8 Å². The summed E-state index contributed by atoms with van der Waals surface area (Å²) in [6, 6.07) is 8.39. The van der Waals surface area contributed by atoms with E-state index in [2.05, 4.69) is 26.1 Å². The van der Waals surface area contributed by atoms with Crippen LogP contribution >= 0.6 is 11.6 Å². The minimum atomic E-state index is -0.452. The highest BCUT2D eigenvalue weighted by Crippen LogP contribution is 2.38. The SMILES string of the molecule is CC(=O)c1ccc(NC(=O)c2cc(C(C)(C)C)cc(C(C)(C)C)c2O)c(Cl)c1. The molecule has 0 aliphatic carbocycles. The van der Waals surface area contributed by atoms with Crippen molar-refractivity contribution in [2.45, 2.75) is 59.3 Å². The molecule has 0 aromatic heterocycles. The van der Waals surface area contributed by atoms with Crippen molar-refractivity contribution in [1.29, 1.82) is 0 Å². The molecule has 0 saturated carbocycles. The number of Topliss-reactive ketones (excluding diaryl/α,β-unsaturated/α-hetero) is 1. The van der Waals surface area contributed by atoms with E-state index >= 15 is 0 Å². The Balaban J connectivity index is 2.52. The van der Waals surface area contributed by atoms with Crippen molar-refractivity contribution in [2.75, 3.05) is 5.32 Å². The van der Waals surface area contributed by atoms with Crippen LogP contribution in [-0.2, 0) is 10.8 Å². The Morgan fingerprint density at radius 2 is 1.57 bits per heavy atom. The molecule has 150 valence electrons. The van der Waals surface area contributed by atoms with Gasteiger partial charge in [0, 0.05) is 11.1 Å². The number of rotatable bonds is 3. The van der Waals surface area contributed by atoms with E-state index < -0.39 is 5.91 Å². The molecule has 1 amide bonds. The van der Waals surface area contributed by atoms with Crippen molar-refractivity contribution < 1.29 is 14.7 Å². The summed E-state index contributed by atoms with van der Waals surface area (Å²) >= 11 is 6.22. The number of halogens is 1. The molecule has 2 aromatic rings. The van der Waals surface area contributed by atoms with Crippen LogP contribution in [0.1, 0.15) is 80.3 Å². The number of hydrogen-bond acceptors (Lipinski definition) is 3. The Kier molecular flexibility index (Phi) is 5.95. The minimum absolute atomic E-state index is 0.0329. The Morgan fingerprint density at radius 3 is 2.04 bits per heavy atom. The van der Waals surface area contributed by atoms with Crippen LogP contribution in [0.5, 0.6) is 5.75 Å². The number of carbonyl (C=O) groups is 2. The quantitative estimate of drug-likeness (QED) is 0.611. The summed E-state index contributed by atoms with van der Waals surface area (Å²) in [5.41, 5.74) is 2.20. The van der Waals surface area contributed by atoms with Crippen molar-refractivity contribution >= 4 is 29.0 Å². The third-order valence-corrected chi connectivity index (χ3v) is 4.97. The lowest BCUT2D eigenvalue weighted by Gasteiger charge is -2.27. The molecule has 2 N–H and O–H groups in total. The standard InChI is InChI=1S/C23H28ClNO3/c1-13(26)14-8-9-19(18(24)10-14)25-21(28)16-11-15(22(2,3)4)12-17(20(16)27)23(5,6)7/h8-12,27H,1-7H3,(H,25,28). The molecule has 0 heterocycles. The van der Waals surface area contributed by atoms with E-state index in [1.807, 2.05) is 26.8 Å². The lowest BCUT2D eigenvalue weighted by Crippen LogP contribution is -2.20. The highest BCUT2D eigenvalue weighted by molar-refractivity contribution is 6.34. The van der Waals surface area contributed by atoms with Crippen molar-refractivity contribution in [3.63, 3.8) is 0 Å². The van der Waals surface area contributed by atoms with E-state index in [9.17, 15) is 14.7 Å². The van der Waals surface area contributed by atoms with Gasteiger partial charge in [0.25, 0.3) is 5.91 Å². The molecule has 0 fully saturated rings. The predicted octanol–water partition coefficient (Wildman–Crippen LogP) is 6.10. The van der Waals surface area contributed by atoms with Gasteiger partial charge < -0.3 is 10.4 Å². The number of phenolic OH excluding ortho intramolecular Hbond substituents is 1. The Bertz CT molecular complexity index is 934. The number of aromatic hydroxyl groups is 1. The fourth-order valence-corrected chi connectivity index (χ4v) is 3.07. The summed E-state index contributed by atoms with van der Waals surface area (Å²) < 4.78 is 0. The smallest absolute Gasteiger partial charge is 0.259 e. The molecule has 28 heavy (non-hydrogen) atoms. The van der Waals surface area contributed by atoms with Gasteiger partial charge in [-0.1, -0.05) is 59.2 Å². The summed E-state index contributed by atoms with van der Waals surface area (Å²) in [4.78, 5) is 24.4. The number of benzene rings is 2. The van der Waals surface area contributed by atoms with Crippen LogP contribution in [0, 0.1) is 0 Å². The van der Waals surface area contributed by atoms with Gasteiger partial charge in [-0.15, -0.1) is 0 Å². The fraction of sp³-hybridized carbons (Fsp3) is 0.391. The third-order valence-electron chi connectivity index (χ3n) is 4.65. The number of carbonyl (C=O) groups excluding carboxylic acids is 2. The van der Waals surface area contributed by atoms with Gasteiger partial charge in [-0.2, -0.15) is 0 Å². The number of nitrogens with one attached hydrogen (secondary N) is 1. The first-order valence-corrected chi connectivity index (χ1v) is 9.59. The predicted molar refractivity (Wildman–Crippen MR) is 115 cm³/mol. The maximum atomic E-state index is 13.0. The molecule has 2 aromatic carbocycles. The van der Waals surface area contributed by atoms with Crippen molar-refractivity contribution in [3.8, 4) is 5.75 Å². The van der Waals surface area contributed by atoms with Gasteiger partial charge in [0.15, 0.2) is 5.78 Å². The molecule has 0 aliphatic rings. The molecule has 0 atom stereocenters. The molecular weight excluding hydrogens is 374 g/mol. The summed E-state index contributed by atoms with van der Waals surface area (Å²) in [6.07, 6.45) is 0. The van der Waals surface area contributed by atoms with Gasteiger partial charge in [0.2, 0.25) is 0 Å². The molecule has 0 aliphatic heterocycles. The van der Waals surface area contributed by atoms with Gasteiger partial charge >= 0.3 is 0 Å². The van der Waals surface area contributed by atoms with Gasteiger partial charge in [-0.3, -0.25) is 9.59 Å². The number of hydrogen-bond donors (Lipinski definition) is 2. The van der Waals surface area contributed by atoms with Gasteiger partial charge in [-0.25, -0.2) is 0 Å². The number of ketones is 1.